The number of aromatic nitrogens is 4. The van der Waals surface area contributed by atoms with E-state index in [1.165, 1.54) is 16.8 Å². The fourth-order valence-corrected chi connectivity index (χ4v) is 3.73. The lowest BCUT2D eigenvalue weighted by Gasteiger charge is -2.06. The van der Waals surface area contributed by atoms with Crippen molar-refractivity contribution in [3.63, 3.8) is 0 Å². The summed E-state index contributed by atoms with van der Waals surface area (Å²) in [6.45, 7) is 4.34. The minimum absolute atomic E-state index is 0.951. The summed E-state index contributed by atoms with van der Waals surface area (Å²) in [4.78, 5) is 4.95. The molecule has 25 heavy (non-hydrogen) atoms. The summed E-state index contributed by atoms with van der Waals surface area (Å²) in [6.07, 6.45) is 2.09. The first-order chi connectivity index (χ1) is 12.2. The van der Waals surface area contributed by atoms with E-state index in [4.69, 9.17) is 4.98 Å². The molecule has 0 saturated heterocycles. The molecule has 0 radical (unpaired) electrons. The van der Waals surface area contributed by atoms with Gasteiger partial charge in [-0.1, -0.05) is 24.3 Å². The molecular formula is C21H19N4+. The van der Waals surface area contributed by atoms with Gasteiger partial charge in [0.15, 0.2) is 0 Å². The summed E-state index contributed by atoms with van der Waals surface area (Å²) < 4.78 is 6.70. The summed E-state index contributed by atoms with van der Waals surface area (Å²) in [6, 6.07) is 19.0. The lowest BCUT2D eigenvalue weighted by Crippen LogP contribution is -2.30. The maximum absolute atomic E-state index is 4.95. The van der Waals surface area contributed by atoms with E-state index in [9.17, 15) is 0 Å². The Balaban J connectivity index is 2.08. The van der Waals surface area contributed by atoms with Crippen LogP contribution in [0.2, 0.25) is 0 Å². The zero-order chi connectivity index (χ0) is 17.1. The third-order valence-electron chi connectivity index (χ3n) is 5.14. The van der Waals surface area contributed by atoms with Crippen molar-refractivity contribution in [1.82, 2.24) is 14.0 Å². The fraction of sp³-hybridized carbons (Fsp3) is 0.143. The molecule has 4 nitrogen and oxygen atoms in total. The SMILES string of the molecule is Cc1cccc(-n2c3nc4ccccc4n3c3ccc[n+](C)c32)c1C. The first-order valence-corrected chi connectivity index (χ1v) is 8.49. The number of aryl methyl sites for hydroxylation is 2. The quantitative estimate of drug-likeness (QED) is 0.429. The molecule has 0 unspecified atom stereocenters. The molecule has 4 heteroatoms. The Kier molecular flexibility index (Phi) is 2.80. The van der Waals surface area contributed by atoms with Crippen LogP contribution in [0, 0.1) is 13.8 Å². The minimum Gasteiger partial charge on any atom is -0.250 e. The smallest absolute Gasteiger partial charge is 0.250 e. The monoisotopic (exact) mass is 327 g/mol. The van der Waals surface area contributed by atoms with Crippen molar-refractivity contribution in [2.75, 3.05) is 0 Å². The summed E-state index contributed by atoms with van der Waals surface area (Å²) in [5, 5.41) is 0. The van der Waals surface area contributed by atoms with Crippen molar-refractivity contribution in [3.05, 3.63) is 71.9 Å². The van der Waals surface area contributed by atoms with Crippen LogP contribution in [0.1, 0.15) is 11.1 Å². The molecule has 122 valence electrons. The largest absolute Gasteiger partial charge is 0.314 e. The maximum Gasteiger partial charge on any atom is 0.314 e. The zero-order valence-corrected chi connectivity index (χ0v) is 14.6. The molecule has 0 fully saturated rings. The third kappa shape index (κ3) is 1.82. The number of fused-ring (bicyclic) bond motifs is 5. The molecule has 3 aromatic heterocycles. The molecule has 0 spiro atoms. The van der Waals surface area contributed by atoms with Crippen LogP contribution >= 0.6 is 0 Å². The van der Waals surface area contributed by atoms with Gasteiger partial charge in [0.05, 0.1) is 24.3 Å². The van der Waals surface area contributed by atoms with Crippen molar-refractivity contribution < 1.29 is 4.57 Å². The van der Waals surface area contributed by atoms with Gasteiger partial charge in [0.1, 0.15) is 11.2 Å². The molecule has 0 aliphatic heterocycles. The van der Waals surface area contributed by atoms with Crippen LogP contribution in [-0.2, 0) is 7.05 Å². The summed E-state index contributed by atoms with van der Waals surface area (Å²) in [7, 11) is 2.09. The van der Waals surface area contributed by atoms with Crippen LogP contribution < -0.4 is 4.57 Å². The van der Waals surface area contributed by atoms with Gasteiger partial charge in [-0.3, -0.25) is 4.40 Å². The Bertz CT molecular complexity index is 1270. The van der Waals surface area contributed by atoms with Gasteiger partial charge in [0.2, 0.25) is 0 Å². The molecule has 0 aliphatic carbocycles. The molecule has 3 heterocycles. The predicted molar refractivity (Wildman–Crippen MR) is 100 cm³/mol. The fourth-order valence-electron chi connectivity index (χ4n) is 3.73. The van der Waals surface area contributed by atoms with Crippen molar-refractivity contribution in [3.8, 4) is 5.69 Å². The standard InChI is InChI=1S/C21H19N4/c1-14-8-6-11-17(15(14)2)25-20-19(12-7-13-23(20)3)24-18-10-5-4-9-16(18)22-21(24)25/h4-13H,1-3H3/q+1. The van der Waals surface area contributed by atoms with Crippen molar-refractivity contribution in [2.45, 2.75) is 13.8 Å². The van der Waals surface area contributed by atoms with E-state index in [1.54, 1.807) is 0 Å². The van der Waals surface area contributed by atoms with E-state index in [-0.39, 0.29) is 0 Å². The van der Waals surface area contributed by atoms with Crippen molar-refractivity contribution in [2.24, 2.45) is 7.05 Å². The van der Waals surface area contributed by atoms with Gasteiger partial charge in [-0.2, -0.15) is 9.55 Å². The van der Waals surface area contributed by atoms with Gasteiger partial charge < -0.3 is 0 Å². The van der Waals surface area contributed by atoms with Gasteiger partial charge in [-0.15, -0.1) is 0 Å². The van der Waals surface area contributed by atoms with E-state index < -0.39 is 0 Å². The molecule has 0 N–H and O–H groups in total. The molecule has 0 aliphatic rings. The number of pyridine rings is 1. The average molecular weight is 327 g/mol. The second-order valence-electron chi connectivity index (χ2n) is 6.62. The Hall–Kier alpha value is -3.14. The predicted octanol–water partition coefficient (Wildman–Crippen LogP) is 3.87. The van der Waals surface area contributed by atoms with E-state index in [0.29, 0.717) is 0 Å². The average Bonchev–Trinajstić information content (AvgIpc) is 3.13. The highest BCUT2D eigenvalue weighted by Crippen LogP contribution is 2.29. The van der Waals surface area contributed by atoms with E-state index in [0.717, 1.165) is 28.0 Å². The lowest BCUT2D eigenvalue weighted by atomic mass is 10.1. The molecule has 0 bridgehead atoms. The number of benzene rings is 2. The minimum atomic E-state index is 0.951. The molecule has 0 saturated carbocycles. The number of rotatable bonds is 1. The van der Waals surface area contributed by atoms with Crippen LogP contribution in [0.4, 0.5) is 0 Å². The third-order valence-corrected chi connectivity index (χ3v) is 5.14. The highest BCUT2D eigenvalue weighted by atomic mass is 15.3. The van der Waals surface area contributed by atoms with Gasteiger partial charge in [-0.25, -0.2) is 4.57 Å². The van der Waals surface area contributed by atoms with E-state index in [1.807, 2.05) is 6.07 Å². The van der Waals surface area contributed by atoms with Gasteiger partial charge in [0.25, 0.3) is 0 Å². The highest BCUT2D eigenvalue weighted by molar-refractivity contribution is 5.89. The molecule has 0 amide bonds. The second kappa shape index (κ2) is 4.93. The summed E-state index contributed by atoms with van der Waals surface area (Å²) in [5.74, 6) is 0.951. The van der Waals surface area contributed by atoms with E-state index in [2.05, 4.69) is 89.2 Å². The van der Waals surface area contributed by atoms with Crippen molar-refractivity contribution >= 4 is 28.0 Å². The molecule has 2 aromatic carbocycles. The zero-order valence-electron chi connectivity index (χ0n) is 14.6. The lowest BCUT2D eigenvalue weighted by molar-refractivity contribution is -0.647. The Morgan fingerprint density at radius 3 is 2.56 bits per heavy atom. The Morgan fingerprint density at radius 2 is 1.68 bits per heavy atom. The molecule has 5 aromatic rings. The number of para-hydroxylation sites is 2. The van der Waals surface area contributed by atoms with Crippen LogP contribution in [0.25, 0.3) is 33.7 Å². The van der Waals surface area contributed by atoms with Crippen LogP contribution in [0.15, 0.2) is 60.8 Å². The summed E-state index contributed by atoms with van der Waals surface area (Å²) in [5.41, 5.74) is 8.20. The summed E-state index contributed by atoms with van der Waals surface area (Å²) >= 11 is 0. The van der Waals surface area contributed by atoms with Gasteiger partial charge in [-0.05, 0) is 55.3 Å². The first-order valence-electron chi connectivity index (χ1n) is 8.49. The normalized spacial score (nSPS) is 11.8. The number of hydrogen-bond donors (Lipinski definition) is 0. The van der Waals surface area contributed by atoms with Gasteiger partial charge in [0, 0.05) is 0 Å². The number of nitrogens with zero attached hydrogens (tertiary/aromatic N) is 4. The molecular weight excluding hydrogens is 308 g/mol. The van der Waals surface area contributed by atoms with Gasteiger partial charge >= 0.3 is 11.4 Å². The highest BCUT2D eigenvalue weighted by Gasteiger charge is 2.26. The molecule has 0 atom stereocenters. The van der Waals surface area contributed by atoms with Crippen LogP contribution in [-0.4, -0.2) is 14.0 Å². The second-order valence-corrected chi connectivity index (χ2v) is 6.62. The molecule has 5 rings (SSSR count). The first kappa shape index (κ1) is 14.2. The topological polar surface area (TPSA) is 26.1 Å². The van der Waals surface area contributed by atoms with E-state index >= 15 is 0 Å². The Labute approximate surface area is 145 Å². The maximum atomic E-state index is 4.95. The number of hydrogen-bond acceptors (Lipinski definition) is 1. The Morgan fingerprint density at radius 1 is 0.880 bits per heavy atom. The van der Waals surface area contributed by atoms with Crippen LogP contribution in [0.3, 0.4) is 0 Å². The number of imidazole rings is 2. The van der Waals surface area contributed by atoms with Crippen LogP contribution in [0.5, 0.6) is 0 Å². The van der Waals surface area contributed by atoms with Crippen molar-refractivity contribution in [1.29, 1.82) is 0 Å².